The molecule has 2 aliphatic carbocycles. The van der Waals surface area contributed by atoms with Crippen LogP contribution in [0.1, 0.15) is 104 Å². The number of halogens is 2. The maximum atomic E-state index is 12.8. The van der Waals surface area contributed by atoms with E-state index >= 15 is 0 Å². The fraction of sp³-hybridized carbons (Fsp3) is 0.545. The van der Waals surface area contributed by atoms with E-state index in [1.54, 1.807) is 12.4 Å². The number of nitrogens with zero attached hydrogens (tertiary/aromatic N) is 6. The van der Waals surface area contributed by atoms with Crippen molar-refractivity contribution in [2.45, 2.75) is 131 Å². The Balaban J connectivity index is 0.000000181. The average Bonchev–Trinajstić information content (AvgIpc) is 3.91. The minimum Gasteiger partial charge on any atom is -0.354 e. The van der Waals surface area contributed by atoms with Gasteiger partial charge in [-0.25, -0.2) is 9.97 Å². The first kappa shape index (κ1) is 43.3. The van der Waals surface area contributed by atoms with E-state index in [4.69, 9.17) is 23.2 Å². The van der Waals surface area contributed by atoms with Crippen LogP contribution in [0.5, 0.6) is 0 Å². The van der Waals surface area contributed by atoms with E-state index in [-0.39, 0.29) is 58.4 Å². The largest absolute Gasteiger partial charge is 0.354 e. The molecule has 4 N–H and O–H groups in total. The minimum absolute atomic E-state index is 0.0537. The van der Waals surface area contributed by atoms with Crippen LogP contribution in [0.3, 0.4) is 0 Å². The van der Waals surface area contributed by atoms with Crippen LogP contribution in [0.2, 0.25) is 10.0 Å². The van der Waals surface area contributed by atoms with Crippen LogP contribution < -0.4 is 21.3 Å². The lowest BCUT2D eigenvalue weighted by Crippen LogP contribution is -2.40. The Morgan fingerprint density at radius 1 is 0.617 bits per heavy atom. The van der Waals surface area contributed by atoms with E-state index in [9.17, 15) is 19.2 Å². The highest BCUT2D eigenvalue weighted by atomic mass is 35.5. The van der Waals surface area contributed by atoms with Crippen LogP contribution in [-0.4, -0.2) is 65.2 Å². The highest BCUT2D eigenvalue weighted by Gasteiger charge is 2.34. The number of pyridine rings is 2. The Bertz CT molecular complexity index is 2130. The van der Waals surface area contributed by atoms with Crippen molar-refractivity contribution in [3.63, 3.8) is 0 Å². The van der Waals surface area contributed by atoms with Gasteiger partial charge in [-0.05, 0) is 74.3 Å². The summed E-state index contributed by atoms with van der Waals surface area (Å²) in [6, 6.07) is 3.77. The zero-order valence-electron chi connectivity index (χ0n) is 35.3. The fourth-order valence-electron chi connectivity index (χ4n) is 9.32. The Kier molecular flexibility index (Phi) is 12.7. The molecule has 60 heavy (non-hydrogen) atoms. The average molecular weight is 860 g/mol. The molecular formula is C44H56Cl2N10O4. The molecular weight excluding hydrogens is 803 g/mol. The smallest absolute Gasteiger partial charge is 0.228 e. The number of fused-ring (bicyclic) bond motifs is 2. The van der Waals surface area contributed by atoms with E-state index in [1.807, 2.05) is 33.9 Å². The third kappa shape index (κ3) is 10.2. The molecule has 16 heteroatoms. The summed E-state index contributed by atoms with van der Waals surface area (Å²) in [5, 5.41) is 21.9. The van der Waals surface area contributed by atoms with Gasteiger partial charge < -0.3 is 21.3 Å². The molecule has 2 fully saturated rings. The summed E-state index contributed by atoms with van der Waals surface area (Å²) in [6.07, 6.45) is 15.3. The van der Waals surface area contributed by atoms with E-state index in [2.05, 4.69) is 69.1 Å². The summed E-state index contributed by atoms with van der Waals surface area (Å²) >= 11 is 12.9. The van der Waals surface area contributed by atoms with Crippen molar-refractivity contribution in [2.75, 3.05) is 10.6 Å². The molecule has 320 valence electrons. The van der Waals surface area contributed by atoms with Crippen LogP contribution in [0, 0.1) is 22.7 Å². The van der Waals surface area contributed by atoms with Gasteiger partial charge in [-0.3, -0.25) is 28.5 Å². The maximum absolute atomic E-state index is 12.8. The number of carbonyl (C=O) groups is 4. The summed E-state index contributed by atoms with van der Waals surface area (Å²) < 4.78 is 4.07. The van der Waals surface area contributed by atoms with Gasteiger partial charge in [-0.15, -0.1) is 0 Å². The quantitative estimate of drug-likeness (QED) is 0.140. The van der Waals surface area contributed by atoms with Crippen LogP contribution in [0.15, 0.2) is 36.9 Å². The number of carbonyl (C=O) groups excluding carboxylic acids is 4. The van der Waals surface area contributed by atoms with Crippen LogP contribution >= 0.6 is 23.2 Å². The highest BCUT2D eigenvalue weighted by molar-refractivity contribution is 6.33. The van der Waals surface area contributed by atoms with Crippen LogP contribution in [0.25, 0.3) is 22.3 Å². The molecule has 8 rings (SSSR count). The van der Waals surface area contributed by atoms with Gasteiger partial charge >= 0.3 is 0 Å². The van der Waals surface area contributed by atoms with Gasteiger partial charge in [-0.1, -0.05) is 63.7 Å². The number of hydrogen-bond donors (Lipinski definition) is 4. The van der Waals surface area contributed by atoms with Crippen molar-refractivity contribution >= 4 is 58.5 Å². The predicted molar refractivity (Wildman–Crippen MR) is 232 cm³/mol. The molecule has 4 aromatic heterocycles. The molecule has 4 aromatic rings. The van der Waals surface area contributed by atoms with Crippen molar-refractivity contribution in [1.29, 1.82) is 0 Å². The molecule has 2 saturated carbocycles. The van der Waals surface area contributed by atoms with Crippen molar-refractivity contribution < 1.29 is 19.2 Å². The van der Waals surface area contributed by atoms with E-state index in [0.29, 0.717) is 34.5 Å². The normalized spacial score (nSPS) is 22.4. The predicted octanol–water partition coefficient (Wildman–Crippen LogP) is 7.63. The van der Waals surface area contributed by atoms with Crippen LogP contribution in [-0.2, 0) is 45.1 Å². The number of aromatic nitrogens is 6. The number of amides is 4. The van der Waals surface area contributed by atoms with Gasteiger partial charge in [-0.2, -0.15) is 10.2 Å². The van der Waals surface area contributed by atoms with Gasteiger partial charge in [0.25, 0.3) is 0 Å². The second-order valence-corrected chi connectivity index (χ2v) is 19.4. The standard InChI is InChI=1S/2C22H28ClN5O2/c2*1-13(29)26-15-6-4-5-14(7-15)21(30)27-20-8-16(18(23)11-24-20)17-10-25-28-12-22(2,3)9-19(17)28/h2*8,10-11,14-15H,4-7,9,12H2,1-3H3,(H,26,29)(H,24,27,30)/t2*14-,15+/m10/s1. The van der Waals surface area contributed by atoms with Crippen molar-refractivity contribution in [3.05, 3.63) is 58.4 Å². The highest BCUT2D eigenvalue weighted by Crippen LogP contribution is 2.41. The second kappa shape index (κ2) is 17.6. The Labute approximate surface area is 361 Å². The first-order valence-electron chi connectivity index (χ1n) is 21.0. The summed E-state index contributed by atoms with van der Waals surface area (Å²) in [4.78, 5) is 57.0. The SMILES string of the molecule is CC(=O)N[C@@H]1CCC[C@H](C(=O)Nc2cc(-c3cnn4c3CC(C)(C)C4)c(Cl)cn2)C1.CC(=O)N[C@H]1CCC[C@@H](C(=O)Nc2cc(-c3cnn4c3CC(C)(C)C4)c(Cl)cn2)C1. The molecule has 6 heterocycles. The molecule has 0 spiro atoms. The number of anilines is 2. The minimum atomic E-state index is -0.141. The van der Waals surface area contributed by atoms with Gasteiger partial charge in [0.05, 0.1) is 22.4 Å². The summed E-state index contributed by atoms with van der Waals surface area (Å²) in [5.74, 6) is 0.454. The monoisotopic (exact) mass is 858 g/mol. The summed E-state index contributed by atoms with van der Waals surface area (Å²) in [7, 11) is 0. The lowest BCUT2D eigenvalue weighted by Gasteiger charge is -2.28. The van der Waals surface area contributed by atoms with Crippen molar-refractivity contribution in [3.8, 4) is 22.3 Å². The molecule has 0 bridgehead atoms. The Morgan fingerprint density at radius 2 is 1.02 bits per heavy atom. The molecule has 14 nitrogen and oxygen atoms in total. The molecule has 2 aliphatic heterocycles. The molecule has 4 atom stereocenters. The number of rotatable bonds is 8. The lowest BCUT2D eigenvalue weighted by atomic mass is 9.85. The maximum Gasteiger partial charge on any atom is 0.228 e. The van der Waals surface area contributed by atoms with Gasteiger partial charge in [0, 0.05) is 96.9 Å². The molecule has 0 saturated heterocycles. The van der Waals surface area contributed by atoms with Gasteiger partial charge in [0.15, 0.2) is 0 Å². The van der Waals surface area contributed by atoms with Crippen LogP contribution in [0.4, 0.5) is 11.6 Å². The lowest BCUT2D eigenvalue weighted by molar-refractivity contribution is -0.123. The third-order valence-electron chi connectivity index (χ3n) is 12.0. The van der Waals surface area contributed by atoms with E-state index in [0.717, 1.165) is 98.1 Å². The topological polar surface area (TPSA) is 178 Å². The second-order valence-electron chi connectivity index (χ2n) is 18.6. The molecule has 4 amide bonds. The van der Waals surface area contributed by atoms with E-state index in [1.165, 1.54) is 13.8 Å². The van der Waals surface area contributed by atoms with Crippen molar-refractivity contribution in [2.24, 2.45) is 22.7 Å². The fourth-order valence-corrected chi connectivity index (χ4v) is 9.73. The van der Waals surface area contributed by atoms with Gasteiger partial charge in [0.1, 0.15) is 11.6 Å². The number of nitrogens with one attached hydrogen (secondary N) is 4. The van der Waals surface area contributed by atoms with Crippen molar-refractivity contribution in [1.82, 2.24) is 40.2 Å². The Morgan fingerprint density at radius 3 is 1.40 bits per heavy atom. The zero-order chi connectivity index (χ0) is 42.9. The van der Waals surface area contributed by atoms with E-state index < -0.39 is 0 Å². The molecule has 4 aliphatic rings. The molecule has 0 aromatic carbocycles. The van der Waals surface area contributed by atoms with Gasteiger partial charge in [0.2, 0.25) is 23.6 Å². The number of hydrogen-bond acceptors (Lipinski definition) is 8. The zero-order valence-corrected chi connectivity index (χ0v) is 36.8. The summed E-state index contributed by atoms with van der Waals surface area (Å²) in [5.41, 5.74) is 6.31. The molecule has 0 radical (unpaired) electrons. The first-order valence-corrected chi connectivity index (χ1v) is 21.8. The first-order chi connectivity index (χ1) is 28.4. The molecule has 0 unspecified atom stereocenters. The third-order valence-corrected chi connectivity index (χ3v) is 12.6. The Hall–Kier alpha value is -4.82. The summed E-state index contributed by atoms with van der Waals surface area (Å²) in [6.45, 7) is 13.7.